The molecule has 2 unspecified atom stereocenters. The van der Waals surface area contributed by atoms with Crippen molar-refractivity contribution in [1.29, 1.82) is 0 Å². The molecule has 0 saturated carbocycles. The number of carbonyl (C=O) groups is 4. The third kappa shape index (κ3) is 4.49. The molecule has 2 fully saturated rings. The van der Waals surface area contributed by atoms with E-state index in [1.54, 1.807) is 62.4 Å². The number of nitrogens with zero attached hydrogens (tertiary/aromatic N) is 2. The van der Waals surface area contributed by atoms with Gasteiger partial charge in [0.1, 0.15) is 0 Å². The fraction of sp³-hybridized carbons (Fsp3) is 0.385. The first-order valence-electron chi connectivity index (χ1n) is 12.4. The summed E-state index contributed by atoms with van der Waals surface area (Å²) in [6.07, 6.45) is 0. The standard InChI is InChI=1S/C26H29N5O6S/c1-16(2)23(33)31-14-21(26(15-31)24(34)28-25(35)29-26)27-22(32)18-9-7-17(8-10-18)13-30-11-12-38(36,37)20-6-4-3-5-19(20)30/h3-10,16,21H,11-15H2,1-2H3,(H,27,32)(H2,28,29,34,35). The second-order valence-electron chi connectivity index (χ2n) is 10.2. The highest BCUT2D eigenvalue weighted by Gasteiger charge is 2.58. The van der Waals surface area contributed by atoms with Crippen molar-refractivity contribution in [3.8, 4) is 0 Å². The molecule has 5 rings (SSSR count). The molecule has 0 bridgehead atoms. The summed E-state index contributed by atoms with van der Waals surface area (Å²) in [4.78, 5) is 54.2. The van der Waals surface area contributed by atoms with Gasteiger partial charge in [-0.15, -0.1) is 0 Å². The number of carbonyl (C=O) groups excluding carboxylic acids is 4. The van der Waals surface area contributed by atoms with Gasteiger partial charge in [0.25, 0.3) is 11.8 Å². The number of imide groups is 1. The summed E-state index contributed by atoms with van der Waals surface area (Å²) in [6.45, 7) is 4.39. The zero-order chi connectivity index (χ0) is 27.2. The summed E-state index contributed by atoms with van der Waals surface area (Å²) in [5.74, 6) is -1.46. The Balaban J connectivity index is 1.31. The summed E-state index contributed by atoms with van der Waals surface area (Å²) in [7, 11) is -3.30. The number of nitrogens with one attached hydrogen (secondary N) is 3. The molecule has 3 aliphatic rings. The van der Waals surface area contributed by atoms with Gasteiger partial charge in [-0.2, -0.15) is 0 Å². The Morgan fingerprint density at radius 2 is 1.82 bits per heavy atom. The van der Waals surface area contributed by atoms with Gasteiger partial charge in [-0.25, -0.2) is 13.2 Å². The van der Waals surface area contributed by atoms with Crippen LogP contribution in [0.5, 0.6) is 0 Å². The van der Waals surface area contributed by atoms with Gasteiger partial charge in [0.05, 0.1) is 28.9 Å². The van der Waals surface area contributed by atoms with E-state index in [2.05, 4.69) is 16.0 Å². The van der Waals surface area contributed by atoms with Crippen LogP contribution in [-0.2, 0) is 26.0 Å². The topological polar surface area (TPSA) is 145 Å². The highest BCUT2D eigenvalue weighted by Crippen LogP contribution is 2.31. The maximum Gasteiger partial charge on any atom is 0.322 e. The minimum Gasteiger partial charge on any atom is -0.365 e. The van der Waals surface area contributed by atoms with Gasteiger partial charge in [0.15, 0.2) is 15.4 Å². The number of likely N-dealkylation sites (tertiary alicyclic amines) is 1. The van der Waals surface area contributed by atoms with Crippen LogP contribution in [0.15, 0.2) is 53.4 Å². The molecule has 0 radical (unpaired) electrons. The van der Waals surface area contributed by atoms with Crippen molar-refractivity contribution in [3.63, 3.8) is 0 Å². The Bertz CT molecular complexity index is 1420. The fourth-order valence-corrected chi connectivity index (χ4v) is 6.73. The van der Waals surface area contributed by atoms with Crippen molar-refractivity contribution < 1.29 is 27.6 Å². The number of hydrogen-bond acceptors (Lipinski definition) is 7. The van der Waals surface area contributed by atoms with Crippen LogP contribution in [0.4, 0.5) is 10.5 Å². The van der Waals surface area contributed by atoms with Gasteiger partial charge in [0.2, 0.25) is 5.91 Å². The minimum absolute atomic E-state index is 0.0293. The second kappa shape index (κ2) is 9.43. The lowest BCUT2D eigenvalue weighted by Gasteiger charge is -2.31. The van der Waals surface area contributed by atoms with Crippen molar-refractivity contribution in [3.05, 3.63) is 59.7 Å². The molecule has 0 aromatic heterocycles. The van der Waals surface area contributed by atoms with Crippen molar-refractivity contribution in [2.45, 2.75) is 36.9 Å². The number of urea groups is 1. The van der Waals surface area contributed by atoms with E-state index in [4.69, 9.17) is 0 Å². The SMILES string of the molecule is CC(C)C(=O)N1CC(NC(=O)c2ccc(CN3CCS(=O)(=O)c4ccccc43)cc2)C2(C1)NC(=O)NC2=O. The molecule has 12 heteroatoms. The maximum atomic E-state index is 13.1. The van der Waals surface area contributed by atoms with Crippen LogP contribution in [0.3, 0.4) is 0 Å². The van der Waals surface area contributed by atoms with E-state index in [9.17, 15) is 27.6 Å². The fourth-order valence-electron chi connectivity index (χ4n) is 5.25. The predicted octanol–water partition coefficient (Wildman–Crippen LogP) is 0.655. The number of fused-ring (bicyclic) bond motifs is 1. The van der Waals surface area contributed by atoms with Crippen LogP contribution in [0, 0.1) is 5.92 Å². The van der Waals surface area contributed by atoms with E-state index in [-0.39, 0.29) is 30.7 Å². The third-order valence-corrected chi connectivity index (χ3v) is 9.01. The monoisotopic (exact) mass is 539 g/mol. The highest BCUT2D eigenvalue weighted by molar-refractivity contribution is 7.91. The molecular weight excluding hydrogens is 510 g/mol. The first kappa shape index (κ1) is 25.7. The van der Waals surface area contributed by atoms with Gasteiger partial charge in [0, 0.05) is 31.1 Å². The van der Waals surface area contributed by atoms with Crippen molar-refractivity contribution in [2.75, 3.05) is 30.3 Å². The first-order chi connectivity index (χ1) is 18.0. The smallest absolute Gasteiger partial charge is 0.322 e. The number of para-hydroxylation sites is 1. The van der Waals surface area contributed by atoms with Crippen molar-refractivity contribution in [1.82, 2.24) is 20.9 Å². The van der Waals surface area contributed by atoms with E-state index in [0.717, 1.165) is 5.56 Å². The maximum absolute atomic E-state index is 13.1. The summed E-state index contributed by atoms with van der Waals surface area (Å²) in [6, 6.07) is 12.3. The van der Waals surface area contributed by atoms with Gasteiger partial charge in [-0.3, -0.25) is 19.7 Å². The molecular formula is C26H29N5O6S. The number of hydrogen-bond donors (Lipinski definition) is 3. The van der Waals surface area contributed by atoms with E-state index in [0.29, 0.717) is 29.2 Å². The third-order valence-electron chi connectivity index (χ3n) is 7.28. The van der Waals surface area contributed by atoms with E-state index in [1.807, 2.05) is 4.90 Å². The minimum atomic E-state index is -3.30. The Labute approximate surface area is 220 Å². The average molecular weight is 540 g/mol. The summed E-state index contributed by atoms with van der Waals surface area (Å²) in [5.41, 5.74) is 0.469. The normalized spacial score (nSPS) is 23.8. The molecule has 2 aromatic carbocycles. The number of benzene rings is 2. The largest absolute Gasteiger partial charge is 0.365 e. The predicted molar refractivity (Wildman–Crippen MR) is 138 cm³/mol. The number of sulfone groups is 1. The summed E-state index contributed by atoms with van der Waals surface area (Å²) >= 11 is 0. The average Bonchev–Trinajstić information content (AvgIpc) is 3.38. The van der Waals surface area contributed by atoms with Crippen LogP contribution < -0.4 is 20.9 Å². The molecule has 11 nitrogen and oxygen atoms in total. The quantitative estimate of drug-likeness (QED) is 0.473. The number of rotatable bonds is 5. The molecule has 3 N–H and O–H groups in total. The van der Waals surface area contributed by atoms with Gasteiger partial charge in [-0.05, 0) is 29.8 Å². The second-order valence-corrected chi connectivity index (χ2v) is 12.3. The molecule has 38 heavy (non-hydrogen) atoms. The summed E-state index contributed by atoms with van der Waals surface area (Å²) < 4.78 is 24.8. The molecule has 2 saturated heterocycles. The zero-order valence-electron chi connectivity index (χ0n) is 21.1. The number of amides is 5. The number of anilines is 1. The summed E-state index contributed by atoms with van der Waals surface area (Å²) in [5, 5.41) is 7.68. The molecule has 200 valence electrons. The zero-order valence-corrected chi connectivity index (χ0v) is 21.9. The Morgan fingerprint density at radius 3 is 2.47 bits per heavy atom. The Morgan fingerprint density at radius 1 is 1.11 bits per heavy atom. The van der Waals surface area contributed by atoms with Crippen LogP contribution in [0.25, 0.3) is 0 Å². The highest BCUT2D eigenvalue weighted by atomic mass is 32.2. The first-order valence-corrected chi connectivity index (χ1v) is 14.0. The van der Waals surface area contributed by atoms with Gasteiger partial charge in [-0.1, -0.05) is 38.1 Å². The van der Waals surface area contributed by atoms with E-state index < -0.39 is 39.3 Å². The Kier molecular flexibility index (Phi) is 6.38. The van der Waals surface area contributed by atoms with Crippen LogP contribution in [0.1, 0.15) is 29.8 Å². The van der Waals surface area contributed by atoms with Crippen LogP contribution >= 0.6 is 0 Å². The molecule has 0 aliphatic carbocycles. The molecule has 1 spiro atoms. The van der Waals surface area contributed by atoms with Gasteiger partial charge < -0.3 is 20.4 Å². The van der Waals surface area contributed by atoms with Crippen LogP contribution in [0.2, 0.25) is 0 Å². The molecule has 2 atom stereocenters. The van der Waals surface area contributed by atoms with Crippen molar-refractivity contribution in [2.24, 2.45) is 5.92 Å². The molecule has 3 heterocycles. The lowest BCUT2D eigenvalue weighted by atomic mass is 9.93. The Hall–Kier alpha value is -3.93. The van der Waals surface area contributed by atoms with E-state index in [1.165, 1.54) is 4.90 Å². The van der Waals surface area contributed by atoms with E-state index >= 15 is 0 Å². The molecule has 5 amide bonds. The molecule has 3 aliphatic heterocycles. The lowest BCUT2D eigenvalue weighted by molar-refractivity contribution is -0.133. The van der Waals surface area contributed by atoms with Crippen molar-refractivity contribution >= 4 is 39.3 Å². The van der Waals surface area contributed by atoms with Crippen LogP contribution in [-0.4, -0.2) is 74.0 Å². The molecule has 2 aromatic rings. The van der Waals surface area contributed by atoms with Gasteiger partial charge >= 0.3 is 6.03 Å². The lowest BCUT2D eigenvalue weighted by Crippen LogP contribution is -2.62.